The molecular weight excluding hydrogens is 256 g/mol. The van der Waals surface area contributed by atoms with Crippen molar-refractivity contribution in [2.75, 3.05) is 32.8 Å². The van der Waals surface area contributed by atoms with Crippen LogP contribution in [0.4, 0.5) is 0 Å². The molecular formula is C14H22N4O2. The first-order valence-corrected chi connectivity index (χ1v) is 6.89. The molecule has 1 saturated heterocycles. The van der Waals surface area contributed by atoms with Crippen molar-refractivity contribution in [3.63, 3.8) is 0 Å². The molecule has 1 aliphatic rings. The summed E-state index contributed by atoms with van der Waals surface area (Å²) >= 11 is 0. The fourth-order valence-electron chi connectivity index (χ4n) is 2.39. The molecule has 20 heavy (non-hydrogen) atoms. The van der Waals surface area contributed by atoms with Crippen LogP contribution in [0.1, 0.15) is 16.8 Å². The van der Waals surface area contributed by atoms with Gasteiger partial charge in [-0.05, 0) is 49.7 Å². The molecule has 0 radical (unpaired) electrons. The third kappa shape index (κ3) is 3.93. The minimum Gasteiger partial charge on any atom is -0.492 e. The van der Waals surface area contributed by atoms with Gasteiger partial charge in [0.15, 0.2) is 0 Å². The Bertz CT molecular complexity index is 435. The second-order valence-corrected chi connectivity index (χ2v) is 5.04. The number of hydrogen-bond donors (Lipinski definition) is 3. The standard InChI is InChI=1S/C14H22N4O2/c15-9-11-5-6-18(10-11)7-8-20-13-3-1-12(2-4-13)14(19)17-16/h1-4,11H,5-10,15-16H2,(H,17,19). The summed E-state index contributed by atoms with van der Waals surface area (Å²) in [5.74, 6) is 6.15. The zero-order valence-electron chi connectivity index (χ0n) is 11.5. The number of carbonyl (C=O) groups excluding carboxylic acids is 1. The number of nitrogens with two attached hydrogens (primary N) is 2. The number of likely N-dealkylation sites (tertiary alicyclic amines) is 1. The molecule has 1 aliphatic heterocycles. The van der Waals surface area contributed by atoms with E-state index in [4.69, 9.17) is 16.3 Å². The van der Waals surface area contributed by atoms with E-state index in [1.807, 2.05) is 0 Å². The van der Waals surface area contributed by atoms with Crippen LogP contribution in [0.5, 0.6) is 5.75 Å². The Morgan fingerprint density at radius 2 is 2.15 bits per heavy atom. The minimum atomic E-state index is -0.304. The summed E-state index contributed by atoms with van der Waals surface area (Å²) in [6.45, 7) is 4.47. The van der Waals surface area contributed by atoms with Crippen LogP contribution < -0.4 is 21.7 Å². The number of nitrogens with one attached hydrogen (secondary N) is 1. The molecule has 0 spiro atoms. The molecule has 1 fully saturated rings. The number of hydrogen-bond acceptors (Lipinski definition) is 5. The topological polar surface area (TPSA) is 93.6 Å². The summed E-state index contributed by atoms with van der Waals surface area (Å²) in [6, 6.07) is 6.93. The van der Waals surface area contributed by atoms with Gasteiger partial charge in [-0.2, -0.15) is 0 Å². The summed E-state index contributed by atoms with van der Waals surface area (Å²) in [5, 5.41) is 0. The first-order valence-electron chi connectivity index (χ1n) is 6.89. The first-order chi connectivity index (χ1) is 9.72. The molecule has 110 valence electrons. The molecule has 0 saturated carbocycles. The van der Waals surface area contributed by atoms with Crippen LogP contribution in [0.15, 0.2) is 24.3 Å². The number of nitrogen functional groups attached to an aromatic ring is 1. The predicted octanol–water partition coefficient (Wildman–Crippen LogP) is -0.0505. The predicted molar refractivity (Wildman–Crippen MR) is 77.2 cm³/mol. The van der Waals surface area contributed by atoms with E-state index >= 15 is 0 Å². The molecule has 0 bridgehead atoms. The lowest BCUT2D eigenvalue weighted by Crippen LogP contribution is -2.29. The van der Waals surface area contributed by atoms with Gasteiger partial charge in [0.2, 0.25) is 0 Å². The summed E-state index contributed by atoms with van der Waals surface area (Å²) in [4.78, 5) is 13.6. The van der Waals surface area contributed by atoms with Crippen molar-refractivity contribution >= 4 is 5.91 Å². The molecule has 0 aliphatic carbocycles. The van der Waals surface area contributed by atoms with E-state index in [2.05, 4.69) is 10.3 Å². The van der Waals surface area contributed by atoms with Gasteiger partial charge in [-0.3, -0.25) is 15.1 Å². The average molecular weight is 278 g/mol. The van der Waals surface area contributed by atoms with Crippen molar-refractivity contribution < 1.29 is 9.53 Å². The molecule has 1 aromatic carbocycles. The maximum atomic E-state index is 11.3. The number of nitrogens with zero attached hydrogens (tertiary/aromatic N) is 1. The summed E-state index contributed by atoms with van der Waals surface area (Å²) < 4.78 is 5.67. The van der Waals surface area contributed by atoms with E-state index in [1.54, 1.807) is 24.3 Å². The second kappa shape index (κ2) is 7.23. The van der Waals surface area contributed by atoms with Crippen molar-refractivity contribution in [3.05, 3.63) is 29.8 Å². The van der Waals surface area contributed by atoms with Crippen LogP contribution in [0.25, 0.3) is 0 Å². The van der Waals surface area contributed by atoms with Crippen LogP contribution in [-0.4, -0.2) is 43.6 Å². The second-order valence-electron chi connectivity index (χ2n) is 5.04. The van der Waals surface area contributed by atoms with Gasteiger partial charge in [-0.25, -0.2) is 5.84 Å². The van der Waals surface area contributed by atoms with Gasteiger partial charge in [0.25, 0.3) is 5.91 Å². The number of carbonyl (C=O) groups is 1. The highest BCUT2D eigenvalue weighted by molar-refractivity contribution is 5.93. The Morgan fingerprint density at radius 1 is 1.40 bits per heavy atom. The van der Waals surface area contributed by atoms with Crippen LogP contribution in [-0.2, 0) is 0 Å². The minimum absolute atomic E-state index is 0.304. The lowest BCUT2D eigenvalue weighted by molar-refractivity contribution is 0.0953. The highest BCUT2D eigenvalue weighted by atomic mass is 16.5. The molecule has 1 heterocycles. The molecule has 0 aromatic heterocycles. The zero-order valence-corrected chi connectivity index (χ0v) is 11.5. The van der Waals surface area contributed by atoms with E-state index in [9.17, 15) is 4.79 Å². The molecule has 1 atom stereocenters. The first kappa shape index (κ1) is 14.8. The Balaban J connectivity index is 1.73. The third-order valence-electron chi connectivity index (χ3n) is 3.63. The summed E-state index contributed by atoms with van der Waals surface area (Å²) in [6.07, 6.45) is 1.18. The van der Waals surface area contributed by atoms with Gasteiger partial charge in [0.05, 0.1) is 0 Å². The van der Waals surface area contributed by atoms with Gasteiger partial charge < -0.3 is 10.5 Å². The highest BCUT2D eigenvalue weighted by Gasteiger charge is 2.20. The van der Waals surface area contributed by atoms with Gasteiger partial charge in [-0.1, -0.05) is 0 Å². The Kier molecular flexibility index (Phi) is 5.34. The molecule has 1 aromatic rings. The SMILES string of the molecule is NCC1CCN(CCOc2ccc(C(=O)NN)cc2)C1. The van der Waals surface area contributed by atoms with E-state index in [0.717, 1.165) is 31.9 Å². The molecule has 1 amide bonds. The average Bonchev–Trinajstić information content (AvgIpc) is 2.95. The lowest BCUT2D eigenvalue weighted by Gasteiger charge is -2.16. The monoisotopic (exact) mass is 278 g/mol. The number of amides is 1. The molecule has 2 rings (SSSR count). The fraction of sp³-hybridized carbons (Fsp3) is 0.500. The number of benzene rings is 1. The fourth-order valence-corrected chi connectivity index (χ4v) is 2.39. The van der Waals surface area contributed by atoms with Crippen molar-refractivity contribution in [2.45, 2.75) is 6.42 Å². The largest absolute Gasteiger partial charge is 0.492 e. The van der Waals surface area contributed by atoms with E-state index in [0.29, 0.717) is 18.1 Å². The molecule has 5 N–H and O–H groups in total. The summed E-state index contributed by atoms with van der Waals surface area (Å²) in [7, 11) is 0. The van der Waals surface area contributed by atoms with Crippen LogP contribution in [0.3, 0.4) is 0 Å². The van der Waals surface area contributed by atoms with Crippen molar-refractivity contribution in [2.24, 2.45) is 17.5 Å². The Hall–Kier alpha value is -1.63. The van der Waals surface area contributed by atoms with Crippen LogP contribution in [0, 0.1) is 5.92 Å². The maximum Gasteiger partial charge on any atom is 0.265 e. The molecule has 1 unspecified atom stereocenters. The van der Waals surface area contributed by atoms with E-state index in [-0.39, 0.29) is 5.91 Å². The number of rotatable bonds is 6. The van der Waals surface area contributed by atoms with Crippen molar-refractivity contribution in [1.82, 2.24) is 10.3 Å². The maximum absolute atomic E-state index is 11.3. The zero-order chi connectivity index (χ0) is 14.4. The Morgan fingerprint density at radius 3 is 2.75 bits per heavy atom. The molecule has 6 heteroatoms. The van der Waals surface area contributed by atoms with Crippen molar-refractivity contribution in [1.29, 1.82) is 0 Å². The van der Waals surface area contributed by atoms with Crippen LogP contribution >= 0.6 is 0 Å². The third-order valence-corrected chi connectivity index (χ3v) is 3.63. The van der Waals surface area contributed by atoms with Gasteiger partial charge in [0, 0.05) is 18.7 Å². The smallest absolute Gasteiger partial charge is 0.265 e. The van der Waals surface area contributed by atoms with E-state index < -0.39 is 0 Å². The quantitative estimate of drug-likeness (QED) is 0.385. The van der Waals surface area contributed by atoms with Gasteiger partial charge in [-0.15, -0.1) is 0 Å². The van der Waals surface area contributed by atoms with Gasteiger partial charge >= 0.3 is 0 Å². The Labute approximate surface area is 119 Å². The van der Waals surface area contributed by atoms with Crippen molar-refractivity contribution in [3.8, 4) is 5.75 Å². The molecule has 6 nitrogen and oxygen atoms in total. The van der Waals surface area contributed by atoms with Gasteiger partial charge in [0.1, 0.15) is 12.4 Å². The lowest BCUT2D eigenvalue weighted by atomic mass is 10.1. The van der Waals surface area contributed by atoms with Crippen LogP contribution in [0.2, 0.25) is 0 Å². The summed E-state index contributed by atoms with van der Waals surface area (Å²) in [5.41, 5.74) is 8.28. The van der Waals surface area contributed by atoms with E-state index in [1.165, 1.54) is 6.42 Å². The highest BCUT2D eigenvalue weighted by Crippen LogP contribution is 2.15. The normalized spacial score (nSPS) is 19.0. The number of hydrazine groups is 1. The number of ether oxygens (including phenoxy) is 1.